The summed E-state index contributed by atoms with van der Waals surface area (Å²) in [6.07, 6.45) is 2.37. The summed E-state index contributed by atoms with van der Waals surface area (Å²) in [5.41, 5.74) is 0.772. The summed E-state index contributed by atoms with van der Waals surface area (Å²) in [6, 6.07) is 6.74. The first-order valence-electron chi connectivity index (χ1n) is 6.35. The van der Waals surface area contributed by atoms with Gasteiger partial charge < -0.3 is 15.4 Å². The highest BCUT2D eigenvalue weighted by Gasteiger charge is 2.15. The Hall–Kier alpha value is -0.920. The van der Waals surface area contributed by atoms with Gasteiger partial charge in [-0.15, -0.1) is 0 Å². The third-order valence-corrected chi connectivity index (χ3v) is 3.82. The molecule has 1 aliphatic rings. The molecule has 0 bridgehead atoms. The number of anilines is 1. The number of alkyl halides is 2. The van der Waals surface area contributed by atoms with E-state index in [2.05, 4.69) is 10.6 Å². The molecular formula is C13H16F2N2OS2. The summed E-state index contributed by atoms with van der Waals surface area (Å²) in [5, 5.41) is 6.61. The highest BCUT2D eigenvalue weighted by Crippen LogP contribution is 2.26. The number of halogens is 2. The number of ether oxygens (including phenoxy) is 1. The summed E-state index contributed by atoms with van der Waals surface area (Å²) >= 11 is 5.70. The maximum absolute atomic E-state index is 12.2. The van der Waals surface area contributed by atoms with Crippen LogP contribution in [0.25, 0.3) is 0 Å². The van der Waals surface area contributed by atoms with E-state index >= 15 is 0 Å². The van der Waals surface area contributed by atoms with Gasteiger partial charge in [0.2, 0.25) is 0 Å². The van der Waals surface area contributed by atoms with Crippen molar-refractivity contribution in [2.75, 3.05) is 18.5 Å². The van der Waals surface area contributed by atoms with Gasteiger partial charge in [0.15, 0.2) is 5.11 Å². The molecule has 1 fully saturated rings. The summed E-state index contributed by atoms with van der Waals surface area (Å²) in [6.45, 7) is 1.50. The lowest BCUT2D eigenvalue weighted by molar-refractivity contribution is 0.114. The molecule has 0 amide bonds. The van der Waals surface area contributed by atoms with Crippen LogP contribution in [0.4, 0.5) is 14.5 Å². The van der Waals surface area contributed by atoms with Gasteiger partial charge in [-0.2, -0.15) is 8.78 Å². The van der Waals surface area contributed by atoms with Crippen LogP contribution in [0, 0.1) is 0 Å². The Morgan fingerprint density at radius 3 is 2.75 bits per heavy atom. The topological polar surface area (TPSA) is 33.3 Å². The largest absolute Gasteiger partial charge is 0.376 e. The number of hydrogen-bond donors (Lipinski definition) is 2. The van der Waals surface area contributed by atoms with Crippen LogP contribution in [0.15, 0.2) is 29.2 Å². The van der Waals surface area contributed by atoms with Crippen LogP contribution in [-0.2, 0) is 4.74 Å². The molecule has 1 atom stereocenters. The molecular weight excluding hydrogens is 302 g/mol. The van der Waals surface area contributed by atoms with Crippen molar-refractivity contribution < 1.29 is 13.5 Å². The first kappa shape index (κ1) is 15.5. The predicted molar refractivity (Wildman–Crippen MR) is 81.5 cm³/mol. The van der Waals surface area contributed by atoms with Crippen molar-refractivity contribution in [3.05, 3.63) is 24.3 Å². The second-order valence-electron chi connectivity index (χ2n) is 4.37. The molecule has 1 heterocycles. The predicted octanol–water partition coefficient (Wildman–Crippen LogP) is 3.47. The van der Waals surface area contributed by atoms with Gasteiger partial charge >= 0.3 is 0 Å². The van der Waals surface area contributed by atoms with Gasteiger partial charge in [0.25, 0.3) is 5.76 Å². The quantitative estimate of drug-likeness (QED) is 0.642. The van der Waals surface area contributed by atoms with Crippen LogP contribution in [-0.4, -0.2) is 30.1 Å². The zero-order chi connectivity index (χ0) is 14.4. The Morgan fingerprint density at radius 2 is 2.15 bits per heavy atom. The highest BCUT2D eigenvalue weighted by atomic mass is 32.2. The van der Waals surface area contributed by atoms with Crippen LogP contribution in [0.1, 0.15) is 12.8 Å². The number of thioether (sulfide) groups is 1. The van der Waals surface area contributed by atoms with Crippen LogP contribution >= 0.6 is 24.0 Å². The van der Waals surface area contributed by atoms with Crippen molar-refractivity contribution in [3.63, 3.8) is 0 Å². The summed E-state index contributed by atoms with van der Waals surface area (Å²) < 4.78 is 29.9. The smallest absolute Gasteiger partial charge is 0.288 e. The number of hydrogen-bond acceptors (Lipinski definition) is 3. The Labute approximate surface area is 126 Å². The minimum Gasteiger partial charge on any atom is -0.376 e. The first-order chi connectivity index (χ1) is 9.63. The Bertz CT molecular complexity index is 437. The van der Waals surface area contributed by atoms with Crippen molar-refractivity contribution in [1.82, 2.24) is 5.32 Å². The number of benzene rings is 1. The first-order valence-corrected chi connectivity index (χ1v) is 7.63. The molecule has 110 valence electrons. The highest BCUT2D eigenvalue weighted by molar-refractivity contribution is 7.99. The molecule has 0 spiro atoms. The summed E-state index contributed by atoms with van der Waals surface area (Å²) in [7, 11) is 0. The molecule has 1 aromatic carbocycles. The molecule has 0 aromatic heterocycles. The van der Waals surface area contributed by atoms with Crippen LogP contribution < -0.4 is 10.6 Å². The summed E-state index contributed by atoms with van der Waals surface area (Å²) in [5.74, 6) is -2.40. The molecule has 20 heavy (non-hydrogen) atoms. The fourth-order valence-corrected chi connectivity index (χ4v) is 2.61. The van der Waals surface area contributed by atoms with Crippen LogP contribution in [0.2, 0.25) is 0 Å². The zero-order valence-electron chi connectivity index (χ0n) is 10.8. The third-order valence-electron chi connectivity index (χ3n) is 2.85. The van der Waals surface area contributed by atoms with E-state index in [0.29, 0.717) is 28.3 Å². The van der Waals surface area contributed by atoms with E-state index in [1.807, 2.05) is 0 Å². The average molecular weight is 318 g/mol. The average Bonchev–Trinajstić information content (AvgIpc) is 2.91. The molecule has 2 N–H and O–H groups in total. The van der Waals surface area contributed by atoms with Crippen molar-refractivity contribution in [3.8, 4) is 0 Å². The maximum Gasteiger partial charge on any atom is 0.288 e. The molecule has 7 heteroatoms. The lowest BCUT2D eigenvalue weighted by Gasteiger charge is -2.14. The van der Waals surface area contributed by atoms with Crippen LogP contribution in [0.5, 0.6) is 0 Å². The van der Waals surface area contributed by atoms with Gasteiger partial charge in [-0.3, -0.25) is 0 Å². The van der Waals surface area contributed by atoms with Gasteiger partial charge in [-0.05, 0) is 49.3 Å². The van der Waals surface area contributed by atoms with Crippen LogP contribution in [0.3, 0.4) is 0 Å². The van der Waals surface area contributed by atoms with E-state index in [1.54, 1.807) is 24.3 Å². The minimum absolute atomic E-state index is 0.222. The van der Waals surface area contributed by atoms with Crippen molar-refractivity contribution in [1.29, 1.82) is 0 Å². The molecule has 2 rings (SSSR count). The van der Waals surface area contributed by atoms with Gasteiger partial charge in [0, 0.05) is 23.7 Å². The molecule has 1 aromatic rings. The minimum atomic E-state index is -2.40. The lowest BCUT2D eigenvalue weighted by atomic mass is 10.2. The number of nitrogens with one attached hydrogen (secondary N) is 2. The molecule has 1 saturated heterocycles. The second-order valence-corrected chi connectivity index (χ2v) is 5.84. The molecule has 0 aliphatic carbocycles. The zero-order valence-corrected chi connectivity index (χ0v) is 12.4. The molecule has 3 nitrogen and oxygen atoms in total. The Morgan fingerprint density at radius 1 is 1.40 bits per heavy atom. The van der Waals surface area contributed by atoms with Gasteiger partial charge in [-0.1, -0.05) is 11.8 Å². The van der Waals surface area contributed by atoms with Crippen molar-refractivity contribution in [2.45, 2.75) is 29.6 Å². The molecule has 1 unspecified atom stereocenters. The maximum atomic E-state index is 12.2. The van der Waals surface area contributed by atoms with E-state index in [1.165, 1.54) is 0 Å². The van der Waals surface area contributed by atoms with E-state index in [4.69, 9.17) is 17.0 Å². The molecule has 0 saturated carbocycles. The lowest BCUT2D eigenvalue weighted by Crippen LogP contribution is -2.34. The van der Waals surface area contributed by atoms with E-state index in [0.717, 1.165) is 25.1 Å². The molecule has 1 aliphatic heterocycles. The monoisotopic (exact) mass is 318 g/mol. The number of rotatable bonds is 5. The Balaban J connectivity index is 1.75. The van der Waals surface area contributed by atoms with Gasteiger partial charge in [0.05, 0.1) is 6.10 Å². The Kier molecular flexibility index (Phi) is 6.00. The van der Waals surface area contributed by atoms with Gasteiger partial charge in [0.1, 0.15) is 0 Å². The fourth-order valence-electron chi connectivity index (χ4n) is 1.91. The fraction of sp³-hybridized carbons (Fsp3) is 0.462. The van der Waals surface area contributed by atoms with E-state index in [9.17, 15) is 8.78 Å². The van der Waals surface area contributed by atoms with E-state index < -0.39 is 5.76 Å². The standard InChI is InChI=1S/C13H16F2N2OS2/c14-12(15)20-11-5-3-9(4-6-11)17-13(19)16-8-10-2-1-7-18-10/h3-6,10,12H,1-2,7-8H2,(H2,16,17,19). The normalized spacial score (nSPS) is 18.2. The van der Waals surface area contributed by atoms with Crippen molar-refractivity contribution >= 4 is 34.8 Å². The SMILES string of the molecule is FC(F)Sc1ccc(NC(=S)NCC2CCCO2)cc1. The third kappa shape index (κ3) is 5.22. The summed E-state index contributed by atoms with van der Waals surface area (Å²) in [4.78, 5) is 0.531. The van der Waals surface area contributed by atoms with E-state index in [-0.39, 0.29) is 6.10 Å². The second kappa shape index (κ2) is 7.75. The number of thiocarbonyl (C=S) groups is 1. The van der Waals surface area contributed by atoms with Crippen molar-refractivity contribution in [2.24, 2.45) is 0 Å². The van der Waals surface area contributed by atoms with Gasteiger partial charge in [-0.25, -0.2) is 0 Å². The molecule has 0 radical (unpaired) electrons.